The summed E-state index contributed by atoms with van der Waals surface area (Å²) in [6.07, 6.45) is 1.24. The predicted molar refractivity (Wildman–Crippen MR) is 62.0 cm³/mol. The maximum Gasteiger partial charge on any atom is 0.306 e. The van der Waals surface area contributed by atoms with Gasteiger partial charge in [0.15, 0.2) is 11.6 Å². The molecule has 1 fully saturated rings. The molecule has 0 radical (unpaired) electrons. The SMILES string of the molecule is CN(Cc1ccc(F)c(F)c1)C1CC(C(=O)O)C1. The Morgan fingerprint density at radius 2 is 2.06 bits per heavy atom. The molecule has 0 aliphatic heterocycles. The Bertz CT molecular complexity index is 458. The summed E-state index contributed by atoms with van der Waals surface area (Å²) >= 11 is 0. The van der Waals surface area contributed by atoms with Gasteiger partial charge in [-0.2, -0.15) is 0 Å². The molecule has 2 rings (SSSR count). The second kappa shape index (κ2) is 5.02. The highest BCUT2D eigenvalue weighted by Crippen LogP contribution is 2.31. The predicted octanol–water partition coefficient (Wildman–Crippen LogP) is 2.26. The van der Waals surface area contributed by atoms with Crippen LogP contribution in [0.5, 0.6) is 0 Å². The van der Waals surface area contributed by atoms with Gasteiger partial charge >= 0.3 is 5.97 Å². The number of benzene rings is 1. The molecule has 0 saturated heterocycles. The molecule has 0 aromatic heterocycles. The van der Waals surface area contributed by atoms with E-state index in [1.165, 1.54) is 6.07 Å². The largest absolute Gasteiger partial charge is 0.481 e. The molecule has 98 valence electrons. The van der Waals surface area contributed by atoms with Gasteiger partial charge in [0.25, 0.3) is 0 Å². The van der Waals surface area contributed by atoms with Crippen molar-refractivity contribution in [3.8, 4) is 0 Å². The molecule has 0 heterocycles. The van der Waals surface area contributed by atoms with Crippen LogP contribution in [-0.4, -0.2) is 29.1 Å². The van der Waals surface area contributed by atoms with E-state index >= 15 is 0 Å². The van der Waals surface area contributed by atoms with Crippen LogP contribution in [-0.2, 0) is 11.3 Å². The van der Waals surface area contributed by atoms with Crippen molar-refractivity contribution < 1.29 is 18.7 Å². The summed E-state index contributed by atoms with van der Waals surface area (Å²) in [5.41, 5.74) is 0.690. The van der Waals surface area contributed by atoms with E-state index in [-0.39, 0.29) is 12.0 Å². The number of carbonyl (C=O) groups is 1. The van der Waals surface area contributed by atoms with Gasteiger partial charge in [0, 0.05) is 12.6 Å². The quantitative estimate of drug-likeness (QED) is 0.897. The lowest BCUT2D eigenvalue weighted by atomic mass is 9.79. The fourth-order valence-electron chi connectivity index (χ4n) is 2.20. The summed E-state index contributed by atoms with van der Waals surface area (Å²) in [7, 11) is 1.87. The van der Waals surface area contributed by atoms with Crippen LogP contribution >= 0.6 is 0 Å². The smallest absolute Gasteiger partial charge is 0.306 e. The second-order valence-electron chi connectivity index (χ2n) is 4.82. The van der Waals surface area contributed by atoms with E-state index in [0.29, 0.717) is 24.9 Å². The zero-order valence-electron chi connectivity index (χ0n) is 10.1. The number of aliphatic carboxylic acids is 1. The lowest BCUT2D eigenvalue weighted by Gasteiger charge is -2.39. The first kappa shape index (κ1) is 13.0. The summed E-state index contributed by atoms with van der Waals surface area (Å²) < 4.78 is 25.8. The van der Waals surface area contributed by atoms with Crippen molar-refractivity contribution in [2.24, 2.45) is 5.92 Å². The highest BCUT2D eigenvalue weighted by atomic mass is 19.2. The van der Waals surface area contributed by atoms with E-state index in [1.54, 1.807) is 6.07 Å². The zero-order chi connectivity index (χ0) is 13.3. The van der Waals surface area contributed by atoms with Crippen LogP contribution in [0.2, 0.25) is 0 Å². The Morgan fingerprint density at radius 3 is 2.61 bits per heavy atom. The molecule has 5 heteroatoms. The Balaban J connectivity index is 1.90. The van der Waals surface area contributed by atoms with Crippen molar-refractivity contribution in [3.05, 3.63) is 35.4 Å². The number of rotatable bonds is 4. The Morgan fingerprint density at radius 1 is 1.39 bits per heavy atom. The minimum atomic E-state index is -0.851. The van der Waals surface area contributed by atoms with E-state index in [1.807, 2.05) is 11.9 Å². The average Bonchev–Trinajstić information content (AvgIpc) is 2.20. The third-order valence-electron chi connectivity index (χ3n) is 3.50. The number of halogens is 2. The molecule has 0 spiro atoms. The number of nitrogens with zero attached hydrogens (tertiary/aromatic N) is 1. The molecular formula is C13H15F2NO2. The van der Waals surface area contributed by atoms with Crippen molar-refractivity contribution >= 4 is 5.97 Å². The number of carboxylic acids is 1. The molecule has 3 nitrogen and oxygen atoms in total. The van der Waals surface area contributed by atoms with Crippen molar-refractivity contribution in [2.75, 3.05) is 7.05 Å². The molecule has 0 atom stereocenters. The summed E-state index contributed by atoms with van der Waals surface area (Å²) in [5, 5.41) is 8.78. The first-order chi connectivity index (χ1) is 8.47. The van der Waals surface area contributed by atoms with Gasteiger partial charge in [0.05, 0.1) is 5.92 Å². The third-order valence-corrected chi connectivity index (χ3v) is 3.50. The lowest BCUT2D eigenvalue weighted by Crippen LogP contribution is -2.44. The topological polar surface area (TPSA) is 40.5 Å². The molecule has 1 saturated carbocycles. The first-order valence-electron chi connectivity index (χ1n) is 5.84. The fraction of sp³-hybridized carbons (Fsp3) is 0.462. The van der Waals surface area contributed by atoms with Gasteiger partial charge in [0.2, 0.25) is 0 Å². The summed E-state index contributed by atoms with van der Waals surface area (Å²) in [5.74, 6) is -2.72. The van der Waals surface area contributed by atoms with Gasteiger partial charge < -0.3 is 5.11 Å². The van der Waals surface area contributed by atoms with Crippen LogP contribution in [0.4, 0.5) is 8.78 Å². The third kappa shape index (κ3) is 2.67. The van der Waals surface area contributed by atoms with Gasteiger partial charge in [0.1, 0.15) is 0 Å². The Labute approximate surface area is 104 Å². The average molecular weight is 255 g/mol. The molecule has 1 aliphatic rings. The molecule has 0 bridgehead atoms. The van der Waals surface area contributed by atoms with Crippen LogP contribution in [0, 0.1) is 17.6 Å². The second-order valence-corrected chi connectivity index (χ2v) is 4.82. The highest BCUT2D eigenvalue weighted by Gasteiger charge is 2.36. The summed E-state index contributed by atoms with van der Waals surface area (Å²) in [4.78, 5) is 12.7. The van der Waals surface area contributed by atoms with Crippen LogP contribution in [0.15, 0.2) is 18.2 Å². The van der Waals surface area contributed by atoms with Crippen molar-refractivity contribution in [1.29, 1.82) is 0 Å². The Hall–Kier alpha value is -1.49. The minimum Gasteiger partial charge on any atom is -0.481 e. The summed E-state index contributed by atoms with van der Waals surface area (Å²) in [6.45, 7) is 0.494. The van der Waals surface area contributed by atoms with Gasteiger partial charge in [-0.3, -0.25) is 9.69 Å². The van der Waals surface area contributed by atoms with E-state index in [9.17, 15) is 13.6 Å². The highest BCUT2D eigenvalue weighted by molar-refractivity contribution is 5.71. The lowest BCUT2D eigenvalue weighted by molar-refractivity contribution is -0.146. The molecule has 1 aromatic rings. The molecule has 1 aromatic carbocycles. The summed E-state index contributed by atoms with van der Waals surface area (Å²) in [6, 6.07) is 4.04. The van der Waals surface area contributed by atoms with Crippen LogP contribution in [0.3, 0.4) is 0 Å². The van der Waals surface area contributed by atoms with Crippen molar-refractivity contribution in [2.45, 2.75) is 25.4 Å². The van der Waals surface area contributed by atoms with Crippen molar-refractivity contribution in [1.82, 2.24) is 4.90 Å². The molecule has 1 N–H and O–H groups in total. The molecule has 1 aliphatic carbocycles. The number of carboxylic acid groups (broad SMARTS) is 1. The van der Waals surface area contributed by atoms with Gasteiger partial charge in [-0.1, -0.05) is 6.07 Å². The van der Waals surface area contributed by atoms with Gasteiger partial charge in [-0.25, -0.2) is 8.78 Å². The first-order valence-corrected chi connectivity index (χ1v) is 5.84. The standard InChI is InChI=1S/C13H15F2NO2/c1-16(10-5-9(6-10)13(17)18)7-8-2-3-11(14)12(15)4-8/h2-4,9-10H,5-7H2,1H3,(H,17,18). The monoisotopic (exact) mass is 255 g/mol. The van der Waals surface area contributed by atoms with E-state index in [2.05, 4.69) is 0 Å². The van der Waals surface area contributed by atoms with Crippen LogP contribution in [0.25, 0.3) is 0 Å². The van der Waals surface area contributed by atoms with Crippen LogP contribution in [0.1, 0.15) is 18.4 Å². The van der Waals surface area contributed by atoms with Crippen LogP contribution < -0.4 is 0 Å². The normalized spacial score (nSPS) is 22.9. The number of hydrogen-bond donors (Lipinski definition) is 1. The maximum absolute atomic E-state index is 13.0. The molecule has 0 amide bonds. The van der Waals surface area contributed by atoms with E-state index in [0.717, 1.165) is 6.07 Å². The van der Waals surface area contributed by atoms with Crippen molar-refractivity contribution in [3.63, 3.8) is 0 Å². The fourth-order valence-corrected chi connectivity index (χ4v) is 2.20. The van der Waals surface area contributed by atoms with Gasteiger partial charge in [-0.15, -0.1) is 0 Å². The molecule has 0 unspecified atom stereocenters. The number of hydrogen-bond acceptors (Lipinski definition) is 2. The molecule has 18 heavy (non-hydrogen) atoms. The maximum atomic E-state index is 13.0. The van der Waals surface area contributed by atoms with Gasteiger partial charge in [-0.05, 0) is 37.6 Å². The Kier molecular flexibility index (Phi) is 3.61. The minimum absolute atomic E-state index is 0.208. The van der Waals surface area contributed by atoms with E-state index in [4.69, 9.17) is 5.11 Å². The zero-order valence-corrected chi connectivity index (χ0v) is 10.1. The van der Waals surface area contributed by atoms with E-state index < -0.39 is 17.6 Å². The molecular weight excluding hydrogens is 240 g/mol.